The summed E-state index contributed by atoms with van der Waals surface area (Å²) < 4.78 is 0. The lowest BCUT2D eigenvalue weighted by atomic mass is 9.92. The minimum atomic E-state index is 0.455. The number of piperidine rings is 1. The number of hydrogen-bond acceptors (Lipinski definition) is 3. The van der Waals surface area contributed by atoms with Gasteiger partial charge in [0.15, 0.2) is 5.96 Å². The van der Waals surface area contributed by atoms with E-state index in [1.54, 1.807) is 0 Å². The molecule has 0 bridgehead atoms. The number of likely N-dealkylation sites (tertiary alicyclic amines) is 1. The van der Waals surface area contributed by atoms with E-state index in [1.807, 2.05) is 7.05 Å². The summed E-state index contributed by atoms with van der Waals surface area (Å²) in [5, 5.41) is 7.02. The highest BCUT2D eigenvalue weighted by Gasteiger charge is 2.21. The second-order valence-electron chi connectivity index (χ2n) is 7.92. The number of hydrogen-bond donors (Lipinski definition) is 2. The van der Waals surface area contributed by atoms with Gasteiger partial charge in [-0.3, -0.25) is 4.99 Å². The van der Waals surface area contributed by atoms with Crippen LogP contribution >= 0.6 is 0 Å². The van der Waals surface area contributed by atoms with Crippen molar-refractivity contribution in [2.24, 2.45) is 16.8 Å². The van der Waals surface area contributed by atoms with Crippen LogP contribution < -0.4 is 10.6 Å². The van der Waals surface area contributed by atoms with Crippen LogP contribution in [0.1, 0.15) is 53.9 Å². The lowest BCUT2D eigenvalue weighted by Gasteiger charge is -2.35. The molecule has 1 heterocycles. The monoisotopic (exact) mass is 353 g/mol. The Kier molecular flexibility index (Phi) is 11.1. The van der Waals surface area contributed by atoms with Gasteiger partial charge < -0.3 is 20.4 Å². The molecule has 1 rings (SSSR count). The molecule has 3 atom stereocenters. The van der Waals surface area contributed by atoms with Crippen molar-refractivity contribution in [3.8, 4) is 0 Å². The SMILES string of the molecule is CCN(CC)CCCC(C)NC(=NC)NCCN1CC(C)CC(C)C1. The highest BCUT2D eigenvalue weighted by molar-refractivity contribution is 5.79. The zero-order valence-corrected chi connectivity index (χ0v) is 17.6. The summed E-state index contributed by atoms with van der Waals surface area (Å²) in [5.41, 5.74) is 0. The molecule has 0 aromatic rings. The molecule has 1 fully saturated rings. The molecule has 0 spiro atoms. The first-order valence-electron chi connectivity index (χ1n) is 10.4. The minimum absolute atomic E-state index is 0.455. The summed E-state index contributed by atoms with van der Waals surface area (Å²) in [7, 11) is 1.86. The van der Waals surface area contributed by atoms with Gasteiger partial charge in [-0.2, -0.15) is 0 Å². The van der Waals surface area contributed by atoms with Crippen LogP contribution in [0.5, 0.6) is 0 Å². The zero-order valence-electron chi connectivity index (χ0n) is 17.6. The number of nitrogens with zero attached hydrogens (tertiary/aromatic N) is 3. The molecule has 148 valence electrons. The molecule has 1 saturated heterocycles. The van der Waals surface area contributed by atoms with E-state index < -0.39 is 0 Å². The van der Waals surface area contributed by atoms with Gasteiger partial charge in [0.05, 0.1) is 0 Å². The van der Waals surface area contributed by atoms with Gasteiger partial charge >= 0.3 is 0 Å². The first kappa shape index (κ1) is 22.2. The van der Waals surface area contributed by atoms with E-state index in [0.717, 1.165) is 44.0 Å². The third-order valence-corrected chi connectivity index (χ3v) is 5.28. The Balaban J connectivity index is 2.21. The number of aliphatic imine (C=N–C) groups is 1. The Labute approximate surface area is 156 Å². The smallest absolute Gasteiger partial charge is 0.191 e. The summed E-state index contributed by atoms with van der Waals surface area (Å²) in [4.78, 5) is 9.46. The van der Waals surface area contributed by atoms with Gasteiger partial charge in [0.1, 0.15) is 0 Å². The molecule has 25 heavy (non-hydrogen) atoms. The van der Waals surface area contributed by atoms with E-state index >= 15 is 0 Å². The zero-order chi connectivity index (χ0) is 18.7. The lowest BCUT2D eigenvalue weighted by molar-refractivity contribution is 0.143. The fourth-order valence-corrected chi connectivity index (χ4v) is 3.97. The standard InChI is InChI=1S/C20H43N5/c1-7-24(8-2)12-9-10-19(5)23-20(21-6)22-11-13-25-15-17(3)14-18(4)16-25/h17-19H,7-16H2,1-6H3,(H2,21,22,23). The molecule has 1 aliphatic rings. The molecular formula is C20H43N5. The molecule has 0 aromatic heterocycles. The fraction of sp³-hybridized carbons (Fsp3) is 0.950. The van der Waals surface area contributed by atoms with Crippen LogP contribution in [0.4, 0.5) is 0 Å². The maximum Gasteiger partial charge on any atom is 0.191 e. The van der Waals surface area contributed by atoms with Gasteiger partial charge in [0.2, 0.25) is 0 Å². The molecule has 3 unspecified atom stereocenters. The molecule has 0 aromatic carbocycles. The van der Waals surface area contributed by atoms with Gasteiger partial charge in [0.25, 0.3) is 0 Å². The van der Waals surface area contributed by atoms with E-state index in [-0.39, 0.29) is 0 Å². The van der Waals surface area contributed by atoms with E-state index in [9.17, 15) is 0 Å². The quantitative estimate of drug-likeness (QED) is 0.468. The van der Waals surface area contributed by atoms with Crippen LogP contribution in [-0.4, -0.2) is 74.7 Å². The van der Waals surface area contributed by atoms with Crippen LogP contribution in [0.3, 0.4) is 0 Å². The number of nitrogens with one attached hydrogen (secondary N) is 2. The summed E-state index contributed by atoms with van der Waals surface area (Å²) in [6.45, 7) is 19.5. The van der Waals surface area contributed by atoms with Crippen molar-refractivity contribution in [1.29, 1.82) is 0 Å². The molecule has 1 aliphatic heterocycles. The second kappa shape index (κ2) is 12.5. The van der Waals surface area contributed by atoms with E-state index in [0.29, 0.717) is 6.04 Å². The van der Waals surface area contributed by atoms with Crippen LogP contribution in [0, 0.1) is 11.8 Å². The Morgan fingerprint density at radius 2 is 1.84 bits per heavy atom. The van der Waals surface area contributed by atoms with Crippen molar-refractivity contribution in [3.05, 3.63) is 0 Å². The lowest BCUT2D eigenvalue weighted by Crippen LogP contribution is -2.47. The number of guanidine groups is 1. The fourth-order valence-electron chi connectivity index (χ4n) is 3.97. The van der Waals surface area contributed by atoms with Crippen molar-refractivity contribution in [2.45, 2.75) is 59.9 Å². The van der Waals surface area contributed by atoms with Gasteiger partial charge in [-0.1, -0.05) is 27.7 Å². The largest absolute Gasteiger partial charge is 0.355 e. The third kappa shape index (κ3) is 9.45. The summed E-state index contributed by atoms with van der Waals surface area (Å²) >= 11 is 0. The first-order chi connectivity index (χ1) is 12.0. The van der Waals surface area contributed by atoms with Crippen molar-refractivity contribution < 1.29 is 0 Å². The van der Waals surface area contributed by atoms with Crippen LogP contribution in [0.2, 0.25) is 0 Å². The Morgan fingerprint density at radius 3 is 2.40 bits per heavy atom. The maximum absolute atomic E-state index is 4.38. The highest BCUT2D eigenvalue weighted by atomic mass is 15.2. The van der Waals surface area contributed by atoms with E-state index in [1.165, 1.54) is 38.9 Å². The number of rotatable bonds is 10. The molecule has 0 amide bonds. The van der Waals surface area contributed by atoms with Crippen molar-refractivity contribution in [3.63, 3.8) is 0 Å². The van der Waals surface area contributed by atoms with Gasteiger partial charge in [-0.25, -0.2) is 0 Å². The molecule has 2 N–H and O–H groups in total. The molecular weight excluding hydrogens is 310 g/mol. The normalized spacial score (nSPS) is 23.7. The second-order valence-corrected chi connectivity index (χ2v) is 7.92. The topological polar surface area (TPSA) is 42.9 Å². The van der Waals surface area contributed by atoms with Crippen molar-refractivity contribution >= 4 is 5.96 Å². The molecule has 0 aliphatic carbocycles. The van der Waals surface area contributed by atoms with Gasteiger partial charge in [0, 0.05) is 39.3 Å². The Morgan fingerprint density at radius 1 is 1.20 bits per heavy atom. The highest BCUT2D eigenvalue weighted by Crippen LogP contribution is 2.20. The van der Waals surface area contributed by atoms with E-state index in [2.05, 4.69) is 60.0 Å². The predicted octanol–water partition coefficient (Wildman–Crippen LogP) is 2.64. The summed E-state index contributed by atoms with van der Waals surface area (Å²) in [5.74, 6) is 2.59. The van der Waals surface area contributed by atoms with Gasteiger partial charge in [-0.05, 0) is 57.7 Å². The Hall–Kier alpha value is -0.810. The average molecular weight is 354 g/mol. The minimum Gasteiger partial charge on any atom is -0.355 e. The van der Waals surface area contributed by atoms with E-state index in [4.69, 9.17) is 0 Å². The van der Waals surface area contributed by atoms with Crippen molar-refractivity contribution in [1.82, 2.24) is 20.4 Å². The summed E-state index contributed by atoms with van der Waals surface area (Å²) in [6, 6.07) is 0.455. The maximum atomic E-state index is 4.38. The molecule has 5 heteroatoms. The molecule has 0 radical (unpaired) electrons. The van der Waals surface area contributed by atoms with Crippen LogP contribution in [0.25, 0.3) is 0 Å². The molecule has 0 saturated carbocycles. The summed E-state index contributed by atoms with van der Waals surface area (Å²) in [6.07, 6.45) is 3.78. The Bertz CT molecular complexity index is 357. The molecule has 5 nitrogen and oxygen atoms in total. The van der Waals surface area contributed by atoms with Crippen molar-refractivity contribution in [2.75, 3.05) is 52.9 Å². The van der Waals surface area contributed by atoms with Crippen LogP contribution in [0.15, 0.2) is 4.99 Å². The van der Waals surface area contributed by atoms with Crippen LogP contribution in [-0.2, 0) is 0 Å². The third-order valence-electron chi connectivity index (χ3n) is 5.28. The first-order valence-corrected chi connectivity index (χ1v) is 10.4. The predicted molar refractivity (Wildman–Crippen MR) is 110 cm³/mol. The van der Waals surface area contributed by atoms with Gasteiger partial charge in [-0.15, -0.1) is 0 Å². The average Bonchev–Trinajstić information content (AvgIpc) is 2.57.